The number of rotatable bonds is 9. The molecule has 0 unspecified atom stereocenters. The first-order valence-corrected chi connectivity index (χ1v) is 8.84. The van der Waals surface area contributed by atoms with Gasteiger partial charge in [0.15, 0.2) is 0 Å². The summed E-state index contributed by atoms with van der Waals surface area (Å²) in [7, 11) is 3.29. The minimum Gasteiger partial charge on any atom is -0.497 e. The molecule has 0 saturated carbocycles. The van der Waals surface area contributed by atoms with E-state index < -0.39 is 0 Å². The number of ether oxygens (including phenoxy) is 3. The van der Waals surface area contributed by atoms with Crippen molar-refractivity contribution in [2.45, 2.75) is 13.0 Å². The van der Waals surface area contributed by atoms with Crippen molar-refractivity contribution >= 4 is 0 Å². The number of benzene rings is 2. The van der Waals surface area contributed by atoms with Crippen LogP contribution in [0.4, 0.5) is 0 Å². The standard InChI is InChI=1S/C21H24N2O4/c1-25-13-14-27-19-9-5-17(6-10-19)20-15-22-21(24)23(20)12-11-16-3-7-18(26-2)8-4-16/h3-10,15H,11-14H2,1-2H3,(H,22,24). The molecule has 0 aliphatic rings. The molecular formula is C21H24N2O4. The summed E-state index contributed by atoms with van der Waals surface area (Å²) in [5.74, 6) is 1.60. The SMILES string of the molecule is COCCOc1ccc(-c2c[nH]c(=O)n2CCc2ccc(OC)cc2)cc1. The highest BCUT2D eigenvalue weighted by atomic mass is 16.5. The monoisotopic (exact) mass is 368 g/mol. The molecule has 0 fully saturated rings. The van der Waals surface area contributed by atoms with Gasteiger partial charge in [-0.3, -0.25) is 4.57 Å². The van der Waals surface area contributed by atoms with Gasteiger partial charge in [0.2, 0.25) is 0 Å². The lowest BCUT2D eigenvalue weighted by Gasteiger charge is -2.10. The summed E-state index contributed by atoms with van der Waals surface area (Å²) in [5.41, 5.74) is 2.86. The van der Waals surface area contributed by atoms with E-state index in [9.17, 15) is 4.79 Å². The number of H-pyrrole nitrogens is 1. The molecule has 3 aromatic rings. The average Bonchev–Trinajstić information content (AvgIpc) is 3.08. The number of aromatic nitrogens is 2. The van der Waals surface area contributed by atoms with Gasteiger partial charge in [0.25, 0.3) is 0 Å². The Balaban J connectivity index is 1.71. The fraction of sp³-hybridized carbons (Fsp3) is 0.286. The molecule has 0 bridgehead atoms. The van der Waals surface area contributed by atoms with Crippen molar-refractivity contribution in [1.29, 1.82) is 0 Å². The molecule has 0 saturated heterocycles. The quantitative estimate of drug-likeness (QED) is 0.590. The Labute approximate surface area is 158 Å². The zero-order valence-electron chi connectivity index (χ0n) is 15.6. The Morgan fingerprint density at radius 2 is 1.63 bits per heavy atom. The second kappa shape index (κ2) is 9.09. The Morgan fingerprint density at radius 1 is 0.926 bits per heavy atom. The van der Waals surface area contributed by atoms with Gasteiger partial charge in [-0.15, -0.1) is 0 Å². The van der Waals surface area contributed by atoms with Gasteiger partial charge in [0.1, 0.15) is 18.1 Å². The van der Waals surface area contributed by atoms with E-state index in [1.807, 2.05) is 48.5 Å². The van der Waals surface area contributed by atoms with Crippen LogP contribution in [0.5, 0.6) is 11.5 Å². The predicted molar refractivity (Wildman–Crippen MR) is 105 cm³/mol. The van der Waals surface area contributed by atoms with Crippen molar-refractivity contribution in [3.63, 3.8) is 0 Å². The topological polar surface area (TPSA) is 65.5 Å². The highest BCUT2D eigenvalue weighted by Crippen LogP contribution is 2.22. The third-order valence-electron chi connectivity index (χ3n) is 4.36. The number of aryl methyl sites for hydroxylation is 1. The van der Waals surface area contributed by atoms with E-state index in [1.165, 1.54) is 0 Å². The molecule has 142 valence electrons. The fourth-order valence-corrected chi connectivity index (χ4v) is 2.85. The molecule has 0 aliphatic carbocycles. The second-order valence-electron chi connectivity index (χ2n) is 6.09. The Morgan fingerprint density at radius 3 is 2.30 bits per heavy atom. The van der Waals surface area contributed by atoms with Crippen LogP contribution in [0.25, 0.3) is 11.3 Å². The van der Waals surface area contributed by atoms with Gasteiger partial charge >= 0.3 is 5.69 Å². The molecule has 0 atom stereocenters. The van der Waals surface area contributed by atoms with E-state index in [0.717, 1.165) is 34.7 Å². The van der Waals surface area contributed by atoms with E-state index in [1.54, 1.807) is 25.0 Å². The van der Waals surface area contributed by atoms with Crippen LogP contribution in [0.15, 0.2) is 59.5 Å². The van der Waals surface area contributed by atoms with Crippen LogP contribution in [-0.2, 0) is 17.7 Å². The zero-order chi connectivity index (χ0) is 19.1. The molecule has 0 amide bonds. The molecule has 0 radical (unpaired) electrons. The molecule has 2 aromatic carbocycles. The molecule has 6 heteroatoms. The normalized spacial score (nSPS) is 10.7. The third-order valence-corrected chi connectivity index (χ3v) is 4.36. The van der Waals surface area contributed by atoms with Crippen LogP contribution in [-0.4, -0.2) is 37.0 Å². The molecule has 0 aliphatic heterocycles. The summed E-state index contributed by atoms with van der Waals surface area (Å²) in [6.45, 7) is 1.65. The van der Waals surface area contributed by atoms with Crippen LogP contribution in [0.3, 0.4) is 0 Å². The highest BCUT2D eigenvalue weighted by molar-refractivity contribution is 5.60. The number of hydrogen-bond donors (Lipinski definition) is 1. The van der Waals surface area contributed by atoms with E-state index in [2.05, 4.69) is 4.98 Å². The summed E-state index contributed by atoms with van der Waals surface area (Å²) in [5, 5.41) is 0. The van der Waals surface area contributed by atoms with Crippen molar-refractivity contribution in [2.24, 2.45) is 0 Å². The number of hydrogen-bond acceptors (Lipinski definition) is 4. The summed E-state index contributed by atoms with van der Waals surface area (Å²) < 4.78 is 17.5. The first-order chi connectivity index (χ1) is 13.2. The number of aromatic amines is 1. The maximum absolute atomic E-state index is 12.2. The molecule has 1 N–H and O–H groups in total. The Bertz CT molecular complexity index is 895. The maximum Gasteiger partial charge on any atom is 0.325 e. The van der Waals surface area contributed by atoms with E-state index in [-0.39, 0.29) is 5.69 Å². The van der Waals surface area contributed by atoms with E-state index >= 15 is 0 Å². The Kier molecular flexibility index (Phi) is 6.33. The molecular weight excluding hydrogens is 344 g/mol. The van der Waals surface area contributed by atoms with Crippen molar-refractivity contribution < 1.29 is 14.2 Å². The van der Waals surface area contributed by atoms with Crippen molar-refractivity contribution in [3.05, 3.63) is 70.8 Å². The molecule has 3 rings (SSSR count). The largest absolute Gasteiger partial charge is 0.497 e. The first-order valence-electron chi connectivity index (χ1n) is 8.84. The first kappa shape index (κ1) is 18.8. The van der Waals surface area contributed by atoms with Crippen molar-refractivity contribution in [1.82, 2.24) is 9.55 Å². The summed E-state index contributed by atoms with van der Waals surface area (Å²) >= 11 is 0. The number of imidazole rings is 1. The fourth-order valence-electron chi connectivity index (χ4n) is 2.85. The second-order valence-corrected chi connectivity index (χ2v) is 6.09. The van der Waals surface area contributed by atoms with Gasteiger partial charge in [0, 0.05) is 25.4 Å². The smallest absolute Gasteiger partial charge is 0.325 e. The third kappa shape index (κ3) is 4.80. The number of nitrogens with one attached hydrogen (secondary N) is 1. The van der Waals surface area contributed by atoms with Crippen LogP contribution in [0.2, 0.25) is 0 Å². The lowest BCUT2D eigenvalue weighted by atomic mass is 10.1. The van der Waals surface area contributed by atoms with Crippen LogP contribution in [0.1, 0.15) is 5.56 Å². The lowest BCUT2D eigenvalue weighted by molar-refractivity contribution is 0.146. The lowest BCUT2D eigenvalue weighted by Crippen LogP contribution is -2.19. The highest BCUT2D eigenvalue weighted by Gasteiger charge is 2.09. The summed E-state index contributed by atoms with van der Waals surface area (Å²) in [6.07, 6.45) is 2.50. The van der Waals surface area contributed by atoms with E-state index in [4.69, 9.17) is 14.2 Å². The van der Waals surface area contributed by atoms with Gasteiger partial charge < -0.3 is 19.2 Å². The molecule has 0 spiro atoms. The molecule has 6 nitrogen and oxygen atoms in total. The Hall–Kier alpha value is -2.99. The van der Waals surface area contributed by atoms with Gasteiger partial charge in [0.05, 0.1) is 19.4 Å². The molecule has 1 heterocycles. The minimum absolute atomic E-state index is 0.112. The van der Waals surface area contributed by atoms with Crippen LogP contribution in [0, 0.1) is 0 Å². The van der Waals surface area contributed by atoms with E-state index in [0.29, 0.717) is 19.8 Å². The predicted octanol–water partition coefficient (Wildman–Crippen LogP) is 3.12. The van der Waals surface area contributed by atoms with Crippen LogP contribution >= 0.6 is 0 Å². The summed E-state index contributed by atoms with van der Waals surface area (Å²) in [6, 6.07) is 15.6. The molecule has 1 aromatic heterocycles. The minimum atomic E-state index is -0.112. The van der Waals surface area contributed by atoms with Gasteiger partial charge in [-0.1, -0.05) is 12.1 Å². The van der Waals surface area contributed by atoms with Crippen molar-refractivity contribution in [3.8, 4) is 22.8 Å². The van der Waals surface area contributed by atoms with Crippen molar-refractivity contribution in [2.75, 3.05) is 27.4 Å². The van der Waals surface area contributed by atoms with Gasteiger partial charge in [-0.25, -0.2) is 4.79 Å². The van der Waals surface area contributed by atoms with Gasteiger partial charge in [-0.05, 0) is 48.4 Å². The van der Waals surface area contributed by atoms with Crippen LogP contribution < -0.4 is 15.2 Å². The zero-order valence-corrected chi connectivity index (χ0v) is 15.6. The average molecular weight is 368 g/mol. The molecule has 27 heavy (non-hydrogen) atoms. The maximum atomic E-state index is 12.2. The number of methoxy groups -OCH3 is 2. The van der Waals surface area contributed by atoms with Gasteiger partial charge in [-0.2, -0.15) is 0 Å². The summed E-state index contributed by atoms with van der Waals surface area (Å²) in [4.78, 5) is 15.0. The number of nitrogens with zero attached hydrogens (tertiary/aromatic N) is 1.